The number of carboxylic acids is 1. The van der Waals surface area contributed by atoms with E-state index in [1.807, 2.05) is 24.3 Å². The Bertz CT molecular complexity index is 617. The van der Waals surface area contributed by atoms with Crippen LogP contribution in [0.4, 0.5) is 0 Å². The standard InChI is InChI=1S/C15H18N2O3/c1-10(2)11-5-4-6-12(7-11)20-9-14-13(15(18)19)8-16-17(14)3/h4-8,10H,9H2,1-3H3,(H,18,19). The van der Waals surface area contributed by atoms with E-state index < -0.39 is 5.97 Å². The van der Waals surface area contributed by atoms with Gasteiger partial charge in [0.1, 0.15) is 17.9 Å². The molecular formula is C15H18N2O3. The van der Waals surface area contributed by atoms with Gasteiger partial charge in [0, 0.05) is 7.05 Å². The van der Waals surface area contributed by atoms with Crippen LogP contribution in [0.15, 0.2) is 30.5 Å². The van der Waals surface area contributed by atoms with Crippen LogP contribution in [0.2, 0.25) is 0 Å². The molecule has 0 unspecified atom stereocenters. The van der Waals surface area contributed by atoms with Crippen LogP contribution in [0.3, 0.4) is 0 Å². The van der Waals surface area contributed by atoms with Crippen molar-refractivity contribution in [2.45, 2.75) is 26.4 Å². The molecule has 2 aromatic rings. The topological polar surface area (TPSA) is 64.3 Å². The summed E-state index contributed by atoms with van der Waals surface area (Å²) in [5, 5.41) is 13.0. The van der Waals surface area contributed by atoms with E-state index in [4.69, 9.17) is 9.84 Å². The molecule has 0 aliphatic carbocycles. The van der Waals surface area contributed by atoms with Crippen molar-refractivity contribution in [2.75, 3.05) is 0 Å². The first-order chi connectivity index (χ1) is 9.49. The van der Waals surface area contributed by atoms with E-state index in [-0.39, 0.29) is 12.2 Å². The number of aromatic nitrogens is 2. The number of ether oxygens (including phenoxy) is 1. The van der Waals surface area contributed by atoms with E-state index in [9.17, 15) is 4.79 Å². The predicted octanol–water partition coefficient (Wildman–Crippen LogP) is 2.82. The van der Waals surface area contributed by atoms with Gasteiger partial charge in [0.05, 0.1) is 11.9 Å². The maximum absolute atomic E-state index is 11.1. The second kappa shape index (κ2) is 5.77. The summed E-state index contributed by atoms with van der Waals surface area (Å²) in [6, 6.07) is 7.82. The predicted molar refractivity (Wildman–Crippen MR) is 75.0 cm³/mol. The highest BCUT2D eigenvalue weighted by Crippen LogP contribution is 2.21. The molecule has 1 aromatic carbocycles. The molecule has 2 rings (SSSR count). The molecule has 1 N–H and O–H groups in total. The number of aromatic carboxylic acids is 1. The first kappa shape index (κ1) is 14.1. The molecule has 0 fully saturated rings. The van der Waals surface area contributed by atoms with Crippen LogP contribution < -0.4 is 4.74 Å². The largest absolute Gasteiger partial charge is 0.487 e. The first-order valence-corrected chi connectivity index (χ1v) is 6.46. The van der Waals surface area contributed by atoms with Gasteiger partial charge in [0.2, 0.25) is 0 Å². The van der Waals surface area contributed by atoms with E-state index in [0.29, 0.717) is 11.6 Å². The number of carboxylic acid groups (broad SMARTS) is 1. The van der Waals surface area contributed by atoms with Gasteiger partial charge >= 0.3 is 5.97 Å². The Morgan fingerprint density at radius 3 is 2.85 bits per heavy atom. The highest BCUT2D eigenvalue weighted by atomic mass is 16.5. The van der Waals surface area contributed by atoms with Crippen molar-refractivity contribution >= 4 is 5.97 Å². The molecule has 0 spiro atoms. The average molecular weight is 274 g/mol. The minimum atomic E-state index is -0.993. The molecule has 1 aromatic heterocycles. The van der Waals surface area contributed by atoms with Crippen molar-refractivity contribution in [3.8, 4) is 5.75 Å². The van der Waals surface area contributed by atoms with Gasteiger partial charge in [-0.05, 0) is 23.6 Å². The van der Waals surface area contributed by atoms with Crippen LogP contribution in [0.1, 0.15) is 41.4 Å². The molecule has 1 heterocycles. The summed E-state index contributed by atoms with van der Waals surface area (Å²) in [6.07, 6.45) is 1.34. The SMILES string of the molecule is CC(C)c1cccc(OCc2c(C(=O)O)cnn2C)c1. The third-order valence-corrected chi connectivity index (χ3v) is 3.19. The van der Waals surface area contributed by atoms with Gasteiger partial charge in [-0.3, -0.25) is 4.68 Å². The van der Waals surface area contributed by atoms with E-state index in [1.165, 1.54) is 16.4 Å². The number of hydrogen-bond acceptors (Lipinski definition) is 3. The molecule has 20 heavy (non-hydrogen) atoms. The Hall–Kier alpha value is -2.30. The molecule has 0 aliphatic rings. The fourth-order valence-electron chi connectivity index (χ4n) is 1.93. The maximum Gasteiger partial charge on any atom is 0.339 e. The van der Waals surface area contributed by atoms with Crippen LogP contribution in [0, 0.1) is 0 Å². The van der Waals surface area contributed by atoms with Crippen molar-refractivity contribution < 1.29 is 14.6 Å². The summed E-state index contributed by atoms with van der Waals surface area (Å²) >= 11 is 0. The van der Waals surface area contributed by atoms with Gasteiger partial charge in [-0.2, -0.15) is 5.10 Å². The number of rotatable bonds is 5. The summed E-state index contributed by atoms with van der Waals surface area (Å²) in [7, 11) is 1.70. The van der Waals surface area contributed by atoms with Gasteiger partial charge < -0.3 is 9.84 Å². The molecule has 0 radical (unpaired) electrons. The number of carbonyl (C=O) groups is 1. The lowest BCUT2D eigenvalue weighted by atomic mass is 10.0. The molecule has 0 bridgehead atoms. The highest BCUT2D eigenvalue weighted by molar-refractivity contribution is 5.88. The van der Waals surface area contributed by atoms with Gasteiger partial charge in [-0.25, -0.2) is 4.79 Å². The summed E-state index contributed by atoms with van der Waals surface area (Å²) in [6.45, 7) is 4.41. The van der Waals surface area contributed by atoms with Gasteiger partial charge in [0.25, 0.3) is 0 Å². The number of nitrogens with zero attached hydrogens (tertiary/aromatic N) is 2. The Kier molecular flexibility index (Phi) is 4.08. The molecule has 0 amide bonds. The van der Waals surface area contributed by atoms with E-state index >= 15 is 0 Å². The average Bonchev–Trinajstić information content (AvgIpc) is 2.78. The second-order valence-electron chi connectivity index (χ2n) is 4.95. The molecule has 0 saturated heterocycles. The molecule has 106 valence electrons. The quantitative estimate of drug-likeness (QED) is 0.910. The minimum absolute atomic E-state index is 0.174. The Morgan fingerprint density at radius 1 is 1.45 bits per heavy atom. The fourth-order valence-corrected chi connectivity index (χ4v) is 1.93. The van der Waals surface area contributed by atoms with Gasteiger partial charge in [-0.15, -0.1) is 0 Å². The minimum Gasteiger partial charge on any atom is -0.487 e. The summed E-state index contributed by atoms with van der Waals surface area (Å²) in [4.78, 5) is 11.1. The number of aryl methyl sites for hydroxylation is 1. The lowest BCUT2D eigenvalue weighted by Crippen LogP contribution is -2.08. The fraction of sp³-hybridized carbons (Fsp3) is 0.333. The van der Waals surface area contributed by atoms with Crippen LogP contribution in [0.25, 0.3) is 0 Å². The van der Waals surface area contributed by atoms with Crippen LogP contribution in [-0.2, 0) is 13.7 Å². The van der Waals surface area contributed by atoms with E-state index in [1.54, 1.807) is 7.05 Å². The van der Waals surface area contributed by atoms with E-state index in [0.717, 1.165) is 5.75 Å². The van der Waals surface area contributed by atoms with Gasteiger partial charge in [0.15, 0.2) is 0 Å². The second-order valence-corrected chi connectivity index (χ2v) is 4.95. The van der Waals surface area contributed by atoms with Crippen molar-refractivity contribution in [1.29, 1.82) is 0 Å². The Balaban J connectivity index is 2.15. The summed E-state index contributed by atoms with van der Waals surface area (Å²) < 4.78 is 7.21. The lowest BCUT2D eigenvalue weighted by molar-refractivity contribution is 0.0693. The number of hydrogen-bond donors (Lipinski definition) is 1. The van der Waals surface area contributed by atoms with Gasteiger partial charge in [-0.1, -0.05) is 26.0 Å². The lowest BCUT2D eigenvalue weighted by Gasteiger charge is -2.10. The molecule has 5 nitrogen and oxygen atoms in total. The van der Waals surface area contributed by atoms with Crippen molar-refractivity contribution in [3.05, 3.63) is 47.3 Å². The highest BCUT2D eigenvalue weighted by Gasteiger charge is 2.15. The summed E-state index contributed by atoms with van der Waals surface area (Å²) in [5.41, 5.74) is 1.91. The Labute approximate surface area is 117 Å². The van der Waals surface area contributed by atoms with Crippen molar-refractivity contribution in [3.63, 3.8) is 0 Å². The van der Waals surface area contributed by atoms with Crippen LogP contribution >= 0.6 is 0 Å². The monoisotopic (exact) mass is 274 g/mol. The zero-order valence-electron chi connectivity index (χ0n) is 11.8. The smallest absolute Gasteiger partial charge is 0.339 e. The third kappa shape index (κ3) is 2.99. The maximum atomic E-state index is 11.1. The zero-order valence-corrected chi connectivity index (χ0v) is 11.8. The summed E-state index contributed by atoms with van der Waals surface area (Å²) in [5.74, 6) is 0.159. The zero-order chi connectivity index (χ0) is 14.7. The molecule has 0 aliphatic heterocycles. The third-order valence-electron chi connectivity index (χ3n) is 3.19. The van der Waals surface area contributed by atoms with E-state index in [2.05, 4.69) is 18.9 Å². The molecule has 0 atom stereocenters. The normalized spacial score (nSPS) is 10.8. The molecule has 5 heteroatoms. The number of benzene rings is 1. The Morgan fingerprint density at radius 2 is 2.20 bits per heavy atom. The first-order valence-electron chi connectivity index (χ1n) is 6.46. The van der Waals surface area contributed by atoms with Crippen LogP contribution in [0.5, 0.6) is 5.75 Å². The van der Waals surface area contributed by atoms with Crippen molar-refractivity contribution in [1.82, 2.24) is 9.78 Å². The van der Waals surface area contributed by atoms with Crippen molar-refractivity contribution in [2.24, 2.45) is 7.05 Å². The van der Waals surface area contributed by atoms with Crippen LogP contribution in [-0.4, -0.2) is 20.9 Å². The molecule has 0 saturated carbocycles. The molecular weight excluding hydrogens is 256 g/mol.